The predicted octanol–water partition coefficient (Wildman–Crippen LogP) is 2.91. The number of hydrogen-bond donors (Lipinski definition) is 1. The molecule has 5 heteroatoms. The van der Waals surface area contributed by atoms with Gasteiger partial charge in [0.2, 0.25) is 0 Å². The Bertz CT molecular complexity index is 589. The summed E-state index contributed by atoms with van der Waals surface area (Å²) in [6.45, 7) is 4.79. The third kappa shape index (κ3) is 3.19. The molecule has 1 saturated carbocycles. The van der Waals surface area contributed by atoms with Crippen molar-refractivity contribution in [1.82, 2.24) is 20.1 Å². The summed E-state index contributed by atoms with van der Waals surface area (Å²) in [7, 11) is 0. The first-order valence-electron chi connectivity index (χ1n) is 7.07. The molecule has 20 heavy (non-hydrogen) atoms. The van der Waals surface area contributed by atoms with Crippen LogP contribution >= 0.6 is 11.6 Å². The maximum atomic E-state index is 5.96. The van der Waals surface area contributed by atoms with Gasteiger partial charge in [-0.2, -0.15) is 0 Å². The normalized spacial score (nSPS) is 14.7. The Balaban J connectivity index is 1.49. The summed E-state index contributed by atoms with van der Waals surface area (Å²) in [6, 6.07) is 6.03. The van der Waals surface area contributed by atoms with E-state index in [2.05, 4.69) is 33.1 Å². The van der Waals surface area contributed by atoms with Crippen molar-refractivity contribution in [3.05, 3.63) is 46.5 Å². The minimum Gasteiger partial charge on any atom is -0.316 e. The predicted molar refractivity (Wildman–Crippen MR) is 79.9 cm³/mol. The molecule has 1 aliphatic carbocycles. The van der Waals surface area contributed by atoms with Crippen molar-refractivity contribution in [3.63, 3.8) is 0 Å². The van der Waals surface area contributed by atoms with Crippen molar-refractivity contribution in [2.24, 2.45) is 0 Å². The lowest BCUT2D eigenvalue weighted by molar-refractivity contribution is 0.578. The first-order chi connectivity index (χ1) is 9.74. The van der Waals surface area contributed by atoms with Gasteiger partial charge in [-0.15, -0.1) is 10.2 Å². The Morgan fingerprint density at radius 2 is 2.25 bits per heavy atom. The molecule has 1 aromatic carbocycles. The maximum absolute atomic E-state index is 5.96. The summed E-state index contributed by atoms with van der Waals surface area (Å²) in [5.74, 6) is 1.80. The zero-order valence-electron chi connectivity index (χ0n) is 11.6. The molecular formula is C15H19ClN4. The average Bonchev–Trinajstić information content (AvgIpc) is 3.16. The number of nitrogens with zero attached hydrogens (tertiary/aromatic N) is 3. The van der Waals surface area contributed by atoms with E-state index in [9.17, 15) is 0 Å². The average molecular weight is 291 g/mol. The molecule has 0 spiro atoms. The van der Waals surface area contributed by atoms with Crippen LogP contribution in [0.4, 0.5) is 0 Å². The second-order valence-electron chi connectivity index (χ2n) is 5.40. The Hall–Kier alpha value is -1.39. The molecule has 1 aromatic heterocycles. The van der Waals surface area contributed by atoms with E-state index in [4.69, 9.17) is 11.6 Å². The molecule has 0 saturated heterocycles. The number of rotatable bonds is 6. The smallest absolute Gasteiger partial charge is 0.135 e. The molecule has 106 valence electrons. The van der Waals surface area contributed by atoms with Gasteiger partial charge in [0.1, 0.15) is 12.2 Å². The van der Waals surface area contributed by atoms with Gasteiger partial charge in [-0.3, -0.25) is 0 Å². The third-order valence-corrected chi connectivity index (χ3v) is 3.97. The van der Waals surface area contributed by atoms with Gasteiger partial charge in [-0.05, 0) is 43.0 Å². The Kier molecular flexibility index (Phi) is 4.03. The van der Waals surface area contributed by atoms with Gasteiger partial charge in [-0.25, -0.2) is 0 Å². The fraction of sp³-hybridized carbons (Fsp3) is 0.467. The summed E-state index contributed by atoms with van der Waals surface area (Å²) in [6.07, 6.45) is 4.36. The molecule has 1 aliphatic rings. The minimum atomic E-state index is 0.649. The molecule has 0 radical (unpaired) electrons. The van der Waals surface area contributed by atoms with E-state index >= 15 is 0 Å². The van der Waals surface area contributed by atoms with Crippen LogP contribution in [-0.4, -0.2) is 21.3 Å². The van der Waals surface area contributed by atoms with Gasteiger partial charge < -0.3 is 9.88 Å². The van der Waals surface area contributed by atoms with Gasteiger partial charge >= 0.3 is 0 Å². The summed E-state index contributed by atoms with van der Waals surface area (Å²) in [5, 5.41) is 12.5. The Morgan fingerprint density at radius 3 is 3.00 bits per heavy atom. The highest BCUT2D eigenvalue weighted by Gasteiger charge is 2.28. The molecule has 0 amide bonds. The van der Waals surface area contributed by atoms with Crippen LogP contribution in [0.3, 0.4) is 0 Å². The molecule has 1 N–H and O–H groups in total. The summed E-state index contributed by atoms with van der Waals surface area (Å²) < 4.78 is 2.17. The van der Waals surface area contributed by atoms with Gasteiger partial charge in [0.05, 0.1) is 0 Å². The standard InChI is InChI=1S/C15H19ClN4/c1-11-8-14(16)5-4-13(11)9-17-6-7-20-10-18-19-15(20)12-2-3-12/h4-5,8,10,12,17H,2-3,6-7,9H2,1H3. The van der Waals surface area contributed by atoms with Gasteiger partial charge in [0.25, 0.3) is 0 Å². The number of hydrogen-bond acceptors (Lipinski definition) is 3. The van der Waals surface area contributed by atoms with Crippen LogP contribution in [0.15, 0.2) is 24.5 Å². The summed E-state index contributed by atoms with van der Waals surface area (Å²) in [4.78, 5) is 0. The molecule has 0 bridgehead atoms. The largest absolute Gasteiger partial charge is 0.316 e. The van der Waals surface area contributed by atoms with Crippen LogP contribution in [0.5, 0.6) is 0 Å². The van der Waals surface area contributed by atoms with Gasteiger partial charge in [-0.1, -0.05) is 17.7 Å². The molecule has 0 aliphatic heterocycles. The fourth-order valence-corrected chi connectivity index (χ4v) is 2.60. The van der Waals surface area contributed by atoms with Crippen LogP contribution in [0, 0.1) is 6.92 Å². The highest BCUT2D eigenvalue weighted by Crippen LogP contribution is 2.38. The Labute approximate surface area is 124 Å². The molecule has 3 rings (SSSR count). The second kappa shape index (κ2) is 5.94. The van der Waals surface area contributed by atoms with Crippen molar-refractivity contribution in [2.45, 2.75) is 38.8 Å². The number of halogens is 1. The first-order valence-corrected chi connectivity index (χ1v) is 7.45. The number of aryl methyl sites for hydroxylation is 1. The van der Waals surface area contributed by atoms with E-state index < -0.39 is 0 Å². The van der Waals surface area contributed by atoms with Crippen molar-refractivity contribution < 1.29 is 0 Å². The highest BCUT2D eigenvalue weighted by molar-refractivity contribution is 6.30. The van der Waals surface area contributed by atoms with E-state index in [1.54, 1.807) is 0 Å². The summed E-state index contributed by atoms with van der Waals surface area (Å²) in [5.41, 5.74) is 2.52. The van der Waals surface area contributed by atoms with Crippen LogP contribution < -0.4 is 5.32 Å². The van der Waals surface area contributed by atoms with Crippen LogP contribution in [-0.2, 0) is 13.1 Å². The number of benzene rings is 1. The van der Waals surface area contributed by atoms with Gasteiger partial charge in [0.15, 0.2) is 0 Å². The molecular weight excluding hydrogens is 272 g/mol. The van der Waals surface area contributed by atoms with Crippen LogP contribution in [0.1, 0.15) is 35.7 Å². The second-order valence-corrected chi connectivity index (χ2v) is 5.84. The van der Waals surface area contributed by atoms with Crippen LogP contribution in [0.25, 0.3) is 0 Å². The molecule has 1 fully saturated rings. The van der Waals surface area contributed by atoms with E-state index in [0.29, 0.717) is 5.92 Å². The lowest BCUT2D eigenvalue weighted by atomic mass is 10.1. The van der Waals surface area contributed by atoms with Crippen molar-refractivity contribution in [3.8, 4) is 0 Å². The first kappa shape index (κ1) is 13.6. The van der Waals surface area contributed by atoms with E-state index in [0.717, 1.165) is 30.5 Å². The third-order valence-electron chi connectivity index (χ3n) is 3.74. The van der Waals surface area contributed by atoms with E-state index in [1.807, 2.05) is 18.5 Å². The van der Waals surface area contributed by atoms with Gasteiger partial charge in [0, 0.05) is 30.6 Å². The lowest BCUT2D eigenvalue weighted by Crippen LogP contribution is -2.20. The SMILES string of the molecule is Cc1cc(Cl)ccc1CNCCn1cnnc1C1CC1. The molecule has 1 heterocycles. The van der Waals surface area contributed by atoms with E-state index in [-0.39, 0.29) is 0 Å². The minimum absolute atomic E-state index is 0.649. The number of aromatic nitrogens is 3. The van der Waals surface area contributed by atoms with Crippen molar-refractivity contribution >= 4 is 11.6 Å². The maximum Gasteiger partial charge on any atom is 0.135 e. The molecule has 2 aromatic rings. The van der Waals surface area contributed by atoms with Crippen LogP contribution in [0.2, 0.25) is 5.02 Å². The zero-order chi connectivity index (χ0) is 13.9. The fourth-order valence-electron chi connectivity index (χ4n) is 2.37. The Morgan fingerprint density at radius 1 is 1.40 bits per heavy atom. The monoisotopic (exact) mass is 290 g/mol. The van der Waals surface area contributed by atoms with Crippen molar-refractivity contribution in [2.75, 3.05) is 6.54 Å². The topological polar surface area (TPSA) is 42.7 Å². The van der Waals surface area contributed by atoms with Crippen molar-refractivity contribution in [1.29, 1.82) is 0 Å². The highest BCUT2D eigenvalue weighted by atomic mass is 35.5. The molecule has 4 nitrogen and oxygen atoms in total. The molecule has 0 atom stereocenters. The van der Waals surface area contributed by atoms with E-state index in [1.165, 1.54) is 24.0 Å². The summed E-state index contributed by atoms with van der Waals surface area (Å²) >= 11 is 5.96. The zero-order valence-corrected chi connectivity index (χ0v) is 12.4. The quantitative estimate of drug-likeness (QED) is 0.832. The molecule has 0 unspecified atom stereocenters. The lowest BCUT2D eigenvalue weighted by Gasteiger charge is -2.09. The number of nitrogens with one attached hydrogen (secondary N) is 1.